The summed E-state index contributed by atoms with van der Waals surface area (Å²) in [6, 6.07) is 6.83. The molecule has 2 aromatic rings. The lowest BCUT2D eigenvalue weighted by Crippen LogP contribution is -2.49. The van der Waals surface area contributed by atoms with E-state index in [0.717, 1.165) is 37.7 Å². The summed E-state index contributed by atoms with van der Waals surface area (Å²) in [5.41, 5.74) is 2.69. The number of ketones is 1. The molecule has 1 aliphatic carbocycles. The van der Waals surface area contributed by atoms with Gasteiger partial charge < -0.3 is 19.8 Å². The topological polar surface area (TPSA) is 94.0 Å². The lowest BCUT2D eigenvalue weighted by Gasteiger charge is -2.38. The van der Waals surface area contributed by atoms with Gasteiger partial charge in [0.25, 0.3) is 5.91 Å². The van der Waals surface area contributed by atoms with Gasteiger partial charge in [-0.2, -0.15) is 0 Å². The van der Waals surface area contributed by atoms with Gasteiger partial charge in [-0.25, -0.2) is 4.39 Å². The zero-order valence-electron chi connectivity index (χ0n) is 21.2. The van der Waals surface area contributed by atoms with Crippen molar-refractivity contribution in [1.29, 1.82) is 0 Å². The Bertz CT molecular complexity index is 1190. The Morgan fingerprint density at radius 2 is 1.84 bits per heavy atom. The fourth-order valence-electron chi connectivity index (χ4n) is 5.31. The predicted molar refractivity (Wildman–Crippen MR) is 138 cm³/mol. The zero-order chi connectivity index (χ0) is 26.1. The normalized spacial score (nSPS) is 19.7. The van der Waals surface area contributed by atoms with E-state index in [9.17, 15) is 19.5 Å². The SMILES string of the molecule is CCCCCc1ccc(C(=O)N2CCN(c3cc4c(cc3F)C(=O)C(C(=O)O)CN4C3CC3)CC2)nc1. The van der Waals surface area contributed by atoms with Crippen LogP contribution < -0.4 is 9.80 Å². The number of unbranched alkanes of at least 4 members (excludes halogenated alkanes) is 2. The van der Waals surface area contributed by atoms with E-state index in [0.29, 0.717) is 43.2 Å². The lowest BCUT2D eigenvalue weighted by atomic mass is 9.90. The summed E-state index contributed by atoms with van der Waals surface area (Å²) in [6.07, 6.45) is 8.05. The van der Waals surface area contributed by atoms with E-state index in [-0.39, 0.29) is 24.1 Å². The summed E-state index contributed by atoms with van der Waals surface area (Å²) < 4.78 is 15.2. The number of carboxylic acid groups (broad SMARTS) is 1. The van der Waals surface area contributed by atoms with E-state index in [1.165, 1.54) is 12.5 Å². The van der Waals surface area contributed by atoms with Crippen LogP contribution in [0.1, 0.15) is 65.4 Å². The van der Waals surface area contributed by atoms with E-state index in [2.05, 4.69) is 11.9 Å². The van der Waals surface area contributed by atoms with Crippen LogP contribution >= 0.6 is 0 Å². The number of benzene rings is 1. The number of rotatable bonds is 8. The second-order valence-corrected chi connectivity index (χ2v) is 10.2. The molecular weight excluding hydrogens is 475 g/mol. The van der Waals surface area contributed by atoms with Gasteiger partial charge in [-0.05, 0) is 49.4 Å². The number of anilines is 2. The molecule has 3 heterocycles. The highest BCUT2D eigenvalue weighted by Gasteiger charge is 2.42. The van der Waals surface area contributed by atoms with Gasteiger partial charge in [-0.1, -0.05) is 25.8 Å². The molecule has 2 aliphatic heterocycles. The van der Waals surface area contributed by atoms with Gasteiger partial charge in [0.1, 0.15) is 17.4 Å². The minimum absolute atomic E-state index is 0.115. The molecule has 2 fully saturated rings. The molecule has 1 N–H and O–H groups in total. The van der Waals surface area contributed by atoms with Gasteiger partial charge >= 0.3 is 5.97 Å². The Hall–Kier alpha value is -3.49. The molecule has 1 amide bonds. The van der Waals surface area contributed by atoms with Crippen LogP contribution in [-0.2, 0) is 11.2 Å². The fraction of sp³-hybridized carbons (Fsp3) is 0.500. The molecular formula is C28H33FN4O4. The maximum Gasteiger partial charge on any atom is 0.316 e. The average molecular weight is 509 g/mol. The fourth-order valence-corrected chi connectivity index (χ4v) is 5.31. The van der Waals surface area contributed by atoms with Crippen molar-refractivity contribution in [3.05, 3.63) is 53.1 Å². The third kappa shape index (κ3) is 5.17. The summed E-state index contributed by atoms with van der Waals surface area (Å²) in [7, 11) is 0. The summed E-state index contributed by atoms with van der Waals surface area (Å²) >= 11 is 0. The molecule has 9 heteroatoms. The van der Waals surface area contributed by atoms with Gasteiger partial charge in [0.2, 0.25) is 0 Å². The number of carbonyl (C=O) groups is 3. The number of Topliss-reactive ketones (excluding diaryl/α,β-unsaturated/α-hetero) is 1. The number of fused-ring (bicyclic) bond motifs is 1. The number of pyridine rings is 1. The number of carboxylic acids is 1. The number of carbonyl (C=O) groups excluding carboxylic acids is 2. The van der Waals surface area contributed by atoms with Crippen molar-refractivity contribution >= 4 is 29.0 Å². The molecule has 0 radical (unpaired) electrons. The van der Waals surface area contributed by atoms with Gasteiger partial charge in [0, 0.05) is 50.5 Å². The molecule has 1 aromatic carbocycles. The molecule has 1 unspecified atom stereocenters. The summed E-state index contributed by atoms with van der Waals surface area (Å²) in [5, 5.41) is 9.51. The van der Waals surface area contributed by atoms with Crippen molar-refractivity contribution in [2.45, 2.75) is 51.5 Å². The van der Waals surface area contributed by atoms with Crippen LogP contribution in [0.4, 0.5) is 15.8 Å². The third-order valence-electron chi connectivity index (χ3n) is 7.64. The van der Waals surface area contributed by atoms with Gasteiger partial charge in [-0.3, -0.25) is 19.4 Å². The lowest BCUT2D eigenvalue weighted by molar-refractivity contribution is -0.139. The molecule has 3 aliphatic rings. The van der Waals surface area contributed by atoms with Crippen LogP contribution in [0.5, 0.6) is 0 Å². The van der Waals surface area contributed by atoms with Crippen molar-refractivity contribution in [2.24, 2.45) is 5.92 Å². The molecule has 1 saturated heterocycles. The number of aliphatic carboxylic acids is 1. The number of aryl methyl sites for hydroxylation is 1. The maximum atomic E-state index is 15.2. The summed E-state index contributed by atoms with van der Waals surface area (Å²) in [6.45, 7) is 4.05. The first-order chi connectivity index (χ1) is 17.9. The first kappa shape index (κ1) is 25.2. The van der Waals surface area contributed by atoms with Crippen LogP contribution in [0, 0.1) is 11.7 Å². The van der Waals surface area contributed by atoms with Crippen LogP contribution in [-0.4, -0.2) is 71.4 Å². The highest BCUT2D eigenvalue weighted by molar-refractivity contribution is 6.13. The molecule has 8 nitrogen and oxygen atoms in total. The average Bonchev–Trinajstić information content (AvgIpc) is 3.74. The molecule has 1 saturated carbocycles. The number of amides is 1. The van der Waals surface area contributed by atoms with E-state index in [1.807, 2.05) is 15.9 Å². The van der Waals surface area contributed by atoms with E-state index >= 15 is 4.39 Å². The Morgan fingerprint density at radius 3 is 2.46 bits per heavy atom. The number of nitrogens with zero attached hydrogens (tertiary/aromatic N) is 4. The standard InChI is InChI=1S/C28H33FN4O4/c1-2-3-4-5-18-6-9-23(30-16-18)27(35)32-12-10-31(11-13-32)25-15-24-20(14-22(25)29)26(34)21(28(36)37)17-33(24)19-7-8-19/h6,9,14-16,19,21H,2-5,7-8,10-13,17H2,1H3,(H,36,37). The molecule has 196 valence electrons. The van der Waals surface area contributed by atoms with E-state index in [1.54, 1.807) is 23.2 Å². The largest absolute Gasteiger partial charge is 0.481 e. The van der Waals surface area contributed by atoms with Gasteiger partial charge in [0.05, 0.1) is 11.4 Å². The summed E-state index contributed by atoms with van der Waals surface area (Å²) in [4.78, 5) is 47.4. The molecule has 1 aromatic heterocycles. The van der Waals surface area contributed by atoms with Crippen molar-refractivity contribution in [3.8, 4) is 0 Å². The second kappa shape index (κ2) is 10.5. The Labute approximate surface area is 216 Å². The van der Waals surface area contributed by atoms with Crippen LogP contribution in [0.2, 0.25) is 0 Å². The van der Waals surface area contributed by atoms with E-state index < -0.39 is 23.5 Å². The minimum atomic E-state index is -1.17. The molecule has 0 bridgehead atoms. The van der Waals surface area contributed by atoms with Gasteiger partial charge in [-0.15, -0.1) is 0 Å². The molecule has 0 spiro atoms. The van der Waals surface area contributed by atoms with Crippen molar-refractivity contribution in [2.75, 3.05) is 42.5 Å². The molecule has 37 heavy (non-hydrogen) atoms. The second-order valence-electron chi connectivity index (χ2n) is 10.2. The number of piperazine rings is 1. The highest BCUT2D eigenvalue weighted by atomic mass is 19.1. The number of aromatic nitrogens is 1. The third-order valence-corrected chi connectivity index (χ3v) is 7.64. The Balaban J connectivity index is 1.27. The van der Waals surface area contributed by atoms with Crippen molar-refractivity contribution in [1.82, 2.24) is 9.88 Å². The molecule has 5 rings (SSSR count). The first-order valence-electron chi connectivity index (χ1n) is 13.2. The van der Waals surface area contributed by atoms with Crippen molar-refractivity contribution < 1.29 is 23.9 Å². The predicted octanol–water partition coefficient (Wildman–Crippen LogP) is 3.78. The van der Waals surface area contributed by atoms with Crippen LogP contribution in [0.3, 0.4) is 0 Å². The van der Waals surface area contributed by atoms with Crippen LogP contribution in [0.15, 0.2) is 30.5 Å². The first-order valence-corrected chi connectivity index (χ1v) is 13.2. The number of halogens is 1. The number of hydrogen-bond donors (Lipinski definition) is 1. The quantitative estimate of drug-likeness (QED) is 0.428. The number of hydrogen-bond acceptors (Lipinski definition) is 6. The monoisotopic (exact) mass is 508 g/mol. The zero-order valence-corrected chi connectivity index (χ0v) is 21.2. The smallest absolute Gasteiger partial charge is 0.316 e. The summed E-state index contributed by atoms with van der Waals surface area (Å²) in [5.74, 6) is -3.56. The highest BCUT2D eigenvalue weighted by Crippen LogP contribution is 2.41. The van der Waals surface area contributed by atoms with E-state index in [4.69, 9.17) is 0 Å². The maximum absolute atomic E-state index is 15.2. The van der Waals surface area contributed by atoms with Crippen LogP contribution in [0.25, 0.3) is 0 Å². The Morgan fingerprint density at radius 1 is 1.08 bits per heavy atom. The molecule has 1 atom stereocenters. The van der Waals surface area contributed by atoms with Gasteiger partial charge in [0.15, 0.2) is 5.78 Å². The Kier molecular flexibility index (Phi) is 7.13. The van der Waals surface area contributed by atoms with Crippen molar-refractivity contribution in [3.63, 3.8) is 0 Å². The minimum Gasteiger partial charge on any atom is -0.481 e.